The van der Waals surface area contributed by atoms with Crippen molar-refractivity contribution in [3.8, 4) is 11.1 Å². The fraction of sp³-hybridized carbons (Fsp3) is 0.235. The third-order valence-corrected chi connectivity index (χ3v) is 3.90. The molecule has 3 rings (SSSR count). The Morgan fingerprint density at radius 2 is 1.75 bits per heavy atom. The number of rotatable bonds is 2. The van der Waals surface area contributed by atoms with Crippen LogP contribution < -0.4 is 5.56 Å². The van der Waals surface area contributed by atoms with Gasteiger partial charge in [0.05, 0.1) is 0 Å². The fourth-order valence-electron chi connectivity index (χ4n) is 2.81. The molecule has 0 saturated carbocycles. The molecule has 2 aromatic heterocycles. The lowest BCUT2D eigenvalue weighted by Gasteiger charge is -2.11. The lowest BCUT2D eigenvalue weighted by Crippen LogP contribution is -2.18. The van der Waals surface area contributed by atoms with E-state index in [1.807, 2.05) is 43.2 Å². The topological polar surface area (TPSA) is 26.9 Å². The number of benzene rings is 1. The van der Waals surface area contributed by atoms with Crippen molar-refractivity contribution in [2.24, 2.45) is 14.1 Å². The van der Waals surface area contributed by atoms with Crippen molar-refractivity contribution in [3.63, 3.8) is 0 Å². The van der Waals surface area contributed by atoms with Gasteiger partial charge in [-0.25, -0.2) is 0 Å². The molecule has 0 bridgehead atoms. The third kappa shape index (κ3) is 1.78. The van der Waals surface area contributed by atoms with Gasteiger partial charge in [0.2, 0.25) is 0 Å². The van der Waals surface area contributed by atoms with E-state index in [9.17, 15) is 4.79 Å². The SMILES string of the molecule is CCc1ccccc1-c1cn(C)c(=O)c2c1ccn2C. The van der Waals surface area contributed by atoms with Crippen molar-refractivity contribution < 1.29 is 0 Å². The summed E-state index contributed by atoms with van der Waals surface area (Å²) in [4.78, 5) is 12.3. The van der Waals surface area contributed by atoms with Crippen molar-refractivity contribution in [1.82, 2.24) is 9.13 Å². The van der Waals surface area contributed by atoms with Crippen LogP contribution in [0.5, 0.6) is 0 Å². The van der Waals surface area contributed by atoms with Crippen LogP contribution in [0.1, 0.15) is 12.5 Å². The van der Waals surface area contributed by atoms with Crippen molar-refractivity contribution in [2.75, 3.05) is 0 Å². The Balaban J connectivity index is 2.43. The second-order valence-corrected chi connectivity index (χ2v) is 5.16. The summed E-state index contributed by atoms with van der Waals surface area (Å²) in [6.45, 7) is 2.16. The normalized spacial score (nSPS) is 11.2. The predicted molar refractivity (Wildman–Crippen MR) is 83.0 cm³/mol. The maximum Gasteiger partial charge on any atom is 0.274 e. The zero-order valence-corrected chi connectivity index (χ0v) is 12.1. The van der Waals surface area contributed by atoms with E-state index >= 15 is 0 Å². The van der Waals surface area contributed by atoms with Gasteiger partial charge in [0.25, 0.3) is 5.56 Å². The van der Waals surface area contributed by atoms with Gasteiger partial charge in [-0.3, -0.25) is 4.79 Å². The Hall–Kier alpha value is -2.29. The highest BCUT2D eigenvalue weighted by molar-refractivity contribution is 5.95. The van der Waals surface area contributed by atoms with Gasteiger partial charge >= 0.3 is 0 Å². The van der Waals surface area contributed by atoms with Gasteiger partial charge in [0.1, 0.15) is 5.52 Å². The first-order valence-electron chi connectivity index (χ1n) is 6.86. The average molecular weight is 266 g/mol. The van der Waals surface area contributed by atoms with Crippen LogP contribution >= 0.6 is 0 Å². The molecule has 0 spiro atoms. The predicted octanol–water partition coefficient (Wildman–Crippen LogP) is 3.11. The summed E-state index contributed by atoms with van der Waals surface area (Å²) in [7, 11) is 3.73. The summed E-state index contributed by atoms with van der Waals surface area (Å²) >= 11 is 0. The molecular weight excluding hydrogens is 248 g/mol. The molecule has 20 heavy (non-hydrogen) atoms. The summed E-state index contributed by atoms with van der Waals surface area (Å²) in [6, 6.07) is 10.4. The van der Waals surface area contributed by atoms with Crippen LogP contribution in [0, 0.1) is 0 Å². The second kappa shape index (κ2) is 4.67. The van der Waals surface area contributed by atoms with E-state index < -0.39 is 0 Å². The van der Waals surface area contributed by atoms with E-state index in [1.165, 1.54) is 11.1 Å². The van der Waals surface area contributed by atoms with Crippen molar-refractivity contribution in [2.45, 2.75) is 13.3 Å². The number of pyridine rings is 1. The number of aryl methyl sites for hydroxylation is 3. The highest BCUT2D eigenvalue weighted by atomic mass is 16.1. The van der Waals surface area contributed by atoms with E-state index in [4.69, 9.17) is 0 Å². The van der Waals surface area contributed by atoms with Crippen molar-refractivity contribution >= 4 is 10.9 Å². The summed E-state index contributed by atoms with van der Waals surface area (Å²) in [6.07, 6.45) is 4.87. The molecule has 0 amide bonds. The van der Waals surface area contributed by atoms with Crippen LogP contribution in [0.4, 0.5) is 0 Å². The van der Waals surface area contributed by atoms with Gasteiger partial charge in [-0.15, -0.1) is 0 Å². The van der Waals surface area contributed by atoms with Gasteiger partial charge in [-0.2, -0.15) is 0 Å². The molecule has 0 N–H and O–H groups in total. The molecule has 0 atom stereocenters. The van der Waals surface area contributed by atoms with Crippen LogP contribution in [-0.2, 0) is 20.5 Å². The van der Waals surface area contributed by atoms with E-state index in [1.54, 1.807) is 4.57 Å². The zero-order chi connectivity index (χ0) is 14.3. The quantitative estimate of drug-likeness (QED) is 0.700. The summed E-state index contributed by atoms with van der Waals surface area (Å²) in [5.74, 6) is 0. The van der Waals surface area contributed by atoms with Gasteiger partial charge in [-0.05, 0) is 23.6 Å². The molecule has 2 heterocycles. The molecule has 3 aromatic rings. The number of hydrogen-bond donors (Lipinski definition) is 0. The second-order valence-electron chi connectivity index (χ2n) is 5.16. The molecule has 0 fully saturated rings. The largest absolute Gasteiger partial charge is 0.346 e. The van der Waals surface area contributed by atoms with E-state index in [0.29, 0.717) is 0 Å². The summed E-state index contributed by atoms with van der Waals surface area (Å²) < 4.78 is 3.57. The van der Waals surface area contributed by atoms with Crippen LogP contribution in [-0.4, -0.2) is 9.13 Å². The molecule has 3 nitrogen and oxygen atoms in total. The first kappa shape index (κ1) is 12.7. The standard InChI is InChI=1S/C17H18N2O/c1-4-12-7-5-6-8-13(12)15-11-19(3)17(20)16-14(15)9-10-18(16)2/h5-11H,4H2,1-3H3. The molecule has 0 aliphatic heterocycles. The Morgan fingerprint density at radius 3 is 2.50 bits per heavy atom. The molecular formula is C17H18N2O. The van der Waals surface area contributed by atoms with Crippen LogP contribution in [0.2, 0.25) is 0 Å². The molecule has 0 unspecified atom stereocenters. The fourth-order valence-corrected chi connectivity index (χ4v) is 2.81. The molecule has 1 aromatic carbocycles. The Labute approximate surface area is 118 Å². The van der Waals surface area contributed by atoms with Crippen molar-refractivity contribution in [1.29, 1.82) is 0 Å². The third-order valence-electron chi connectivity index (χ3n) is 3.90. The molecule has 0 aliphatic rings. The smallest absolute Gasteiger partial charge is 0.274 e. The molecule has 0 aliphatic carbocycles. The number of aromatic nitrogens is 2. The lowest BCUT2D eigenvalue weighted by molar-refractivity contribution is 0.854. The Bertz CT molecular complexity index is 840. The van der Waals surface area contributed by atoms with Crippen molar-refractivity contribution in [3.05, 3.63) is 58.6 Å². The minimum absolute atomic E-state index is 0.0465. The first-order valence-corrected chi connectivity index (χ1v) is 6.86. The monoisotopic (exact) mass is 266 g/mol. The average Bonchev–Trinajstić information content (AvgIpc) is 2.85. The first-order chi connectivity index (χ1) is 9.63. The zero-order valence-electron chi connectivity index (χ0n) is 12.1. The van der Waals surface area contributed by atoms with E-state index in [2.05, 4.69) is 25.1 Å². The van der Waals surface area contributed by atoms with Gasteiger partial charge < -0.3 is 9.13 Å². The number of nitrogens with zero attached hydrogens (tertiary/aromatic N) is 2. The maximum atomic E-state index is 12.3. The van der Waals surface area contributed by atoms with E-state index in [0.717, 1.165) is 22.9 Å². The minimum Gasteiger partial charge on any atom is -0.346 e. The van der Waals surface area contributed by atoms with Crippen LogP contribution in [0.3, 0.4) is 0 Å². The Kier molecular flexibility index (Phi) is 2.97. The lowest BCUT2D eigenvalue weighted by atomic mass is 9.97. The molecule has 102 valence electrons. The van der Waals surface area contributed by atoms with Crippen LogP contribution in [0.25, 0.3) is 22.0 Å². The van der Waals surface area contributed by atoms with Gasteiger partial charge in [0.15, 0.2) is 0 Å². The molecule has 0 saturated heterocycles. The molecule has 0 radical (unpaired) electrons. The molecule has 3 heteroatoms. The van der Waals surface area contributed by atoms with Gasteiger partial charge in [0, 0.05) is 37.4 Å². The maximum absolute atomic E-state index is 12.3. The summed E-state index contributed by atoms with van der Waals surface area (Å²) in [5, 5.41) is 1.02. The highest BCUT2D eigenvalue weighted by Crippen LogP contribution is 2.30. The summed E-state index contributed by atoms with van der Waals surface area (Å²) in [5.41, 5.74) is 4.44. The Morgan fingerprint density at radius 1 is 1.00 bits per heavy atom. The number of fused-ring (bicyclic) bond motifs is 1. The van der Waals surface area contributed by atoms with E-state index in [-0.39, 0.29) is 5.56 Å². The van der Waals surface area contributed by atoms with Gasteiger partial charge in [-0.1, -0.05) is 31.2 Å². The van der Waals surface area contributed by atoms with Crippen LogP contribution in [0.15, 0.2) is 47.5 Å². The number of hydrogen-bond acceptors (Lipinski definition) is 1. The highest BCUT2D eigenvalue weighted by Gasteiger charge is 2.13. The minimum atomic E-state index is 0.0465.